The predicted octanol–water partition coefficient (Wildman–Crippen LogP) is 4.01. The van der Waals surface area contributed by atoms with Gasteiger partial charge in [-0.1, -0.05) is 41.9 Å². The molecule has 0 aliphatic rings. The Morgan fingerprint density at radius 1 is 1.14 bits per heavy atom. The monoisotopic (exact) mass is 399 g/mol. The fraction of sp³-hybridized carbons (Fsp3) is 0.238. The molecule has 0 saturated heterocycles. The Bertz CT molecular complexity index is 937. The van der Waals surface area contributed by atoms with Crippen molar-refractivity contribution in [2.45, 2.75) is 26.0 Å². The summed E-state index contributed by atoms with van der Waals surface area (Å²) in [6, 6.07) is 17.0. The first-order chi connectivity index (χ1) is 13.4. The van der Waals surface area contributed by atoms with Crippen LogP contribution >= 0.6 is 11.6 Å². The van der Waals surface area contributed by atoms with Gasteiger partial charge in [0.2, 0.25) is 0 Å². The minimum absolute atomic E-state index is 0.204. The lowest BCUT2D eigenvalue weighted by molar-refractivity contribution is -0.134. The Morgan fingerprint density at radius 3 is 2.46 bits per heavy atom. The zero-order valence-electron chi connectivity index (χ0n) is 16.0. The summed E-state index contributed by atoms with van der Waals surface area (Å²) in [5.74, 6) is 0.700. The molecule has 1 N–H and O–H groups in total. The van der Waals surface area contributed by atoms with Crippen molar-refractivity contribution >= 4 is 17.5 Å². The van der Waals surface area contributed by atoms with Gasteiger partial charge in [0.1, 0.15) is 10.8 Å². The number of ether oxygens (including phenoxy) is 2. The quantitative estimate of drug-likeness (QED) is 0.652. The zero-order valence-corrected chi connectivity index (χ0v) is 16.7. The average Bonchev–Trinajstić information content (AvgIpc) is 3.07. The number of aromatic nitrogens is 2. The molecule has 3 aromatic rings. The minimum Gasteiger partial charge on any atom is -0.497 e. The van der Waals surface area contributed by atoms with Crippen LogP contribution in [0.1, 0.15) is 19.4 Å². The number of rotatable bonds is 7. The number of hydrogen-bond acceptors (Lipinski definition) is 4. The molecule has 1 amide bonds. The molecule has 0 bridgehead atoms. The van der Waals surface area contributed by atoms with E-state index in [1.54, 1.807) is 31.8 Å². The third-order valence-corrected chi connectivity index (χ3v) is 4.43. The van der Waals surface area contributed by atoms with Crippen LogP contribution < -0.4 is 14.8 Å². The summed E-state index contributed by atoms with van der Waals surface area (Å²) in [5.41, 5.74) is 0.656. The van der Waals surface area contributed by atoms with E-state index in [0.29, 0.717) is 11.6 Å². The fourth-order valence-corrected chi connectivity index (χ4v) is 2.71. The van der Waals surface area contributed by atoms with Crippen LogP contribution in [-0.2, 0) is 11.3 Å². The minimum atomic E-state index is -1.15. The van der Waals surface area contributed by atoms with Gasteiger partial charge in [-0.15, -0.1) is 5.10 Å². The van der Waals surface area contributed by atoms with Gasteiger partial charge in [-0.25, -0.2) is 4.68 Å². The highest BCUT2D eigenvalue weighted by molar-refractivity contribution is 6.31. The molecule has 28 heavy (non-hydrogen) atoms. The van der Waals surface area contributed by atoms with Crippen molar-refractivity contribution in [3.05, 3.63) is 71.4 Å². The lowest BCUT2D eigenvalue weighted by Crippen LogP contribution is -2.46. The number of nitrogens with zero attached hydrogens (tertiary/aromatic N) is 2. The molecule has 6 nitrogen and oxygen atoms in total. The average molecular weight is 400 g/mol. The molecule has 0 unspecified atom stereocenters. The Hall–Kier alpha value is -2.99. The summed E-state index contributed by atoms with van der Waals surface area (Å²) in [6.45, 7) is 3.73. The van der Waals surface area contributed by atoms with E-state index in [9.17, 15) is 4.79 Å². The van der Waals surface area contributed by atoms with Crippen molar-refractivity contribution < 1.29 is 14.3 Å². The van der Waals surface area contributed by atoms with Crippen LogP contribution in [-0.4, -0.2) is 28.4 Å². The van der Waals surface area contributed by atoms with Crippen molar-refractivity contribution in [2.24, 2.45) is 0 Å². The molecule has 7 heteroatoms. The van der Waals surface area contributed by atoms with Crippen molar-refractivity contribution in [2.75, 3.05) is 7.11 Å². The summed E-state index contributed by atoms with van der Waals surface area (Å²) in [6.07, 6.45) is 1.65. The van der Waals surface area contributed by atoms with E-state index in [0.717, 1.165) is 17.0 Å². The Labute approximate surface area is 169 Å². The largest absolute Gasteiger partial charge is 0.497 e. The number of amides is 1. The van der Waals surface area contributed by atoms with Crippen LogP contribution in [0.25, 0.3) is 5.69 Å². The molecule has 2 aromatic carbocycles. The number of carbonyl (C=O) groups excluding carboxylic acids is 1. The zero-order chi connectivity index (χ0) is 20.1. The van der Waals surface area contributed by atoms with Crippen molar-refractivity contribution in [1.29, 1.82) is 0 Å². The molecule has 0 aliphatic carbocycles. The highest BCUT2D eigenvalue weighted by Crippen LogP contribution is 2.27. The van der Waals surface area contributed by atoms with Crippen molar-refractivity contribution in [1.82, 2.24) is 15.1 Å². The standard InChI is InChI=1S/C21H22ClN3O3/c1-21(2,20(26)23-13-15-9-11-17(27-3)12-10-15)28-19-18(22)14-25(24-19)16-7-5-4-6-8-16/h4-12,14H,13H2,1-3H3,(H,23,26). The summed E-state index contributed by atoms with van der Waals surface area (Å²) in [5, 5.41) is 7.56. The second-order valence-corrected chi connectivity index (χ2v) is 7.11. The van der Waals surface area contributed by atoms with Crippen LogP contribution in [0.5, 0.6) is 11.6 Å². The molecule has 0 spiro atoms. The van der Waals surface area contributed by atoms with E-state index in [1.807, 2.05) is 54.6 Å². The second kappa shape index (κ2) is 8.35. The van der Waals surface area contributed by atoms with Gasteiger partial charge >= 0.3 is 0 Å². The molecule has 1 aromatic heterocycles. The smallest absolute Gasteiger partial charge is 0.263 e. The van der Waals surface area contributed by atoms with E-state index in [4.69, 9.17) is 21.1 Å². The van der Waals surface area contributed by atoms with Gasteiger partial charge in [-0.3, -0.25) is 4.79 Å². The molecule has 1 heterocycles. The van der Waals surface area contributed by atoms with Crippen LogP contribution in [0.4, 0.5) is 0 Å². The molecule has 3 rings (SSSR count). The van der Waals surface area contributed by atoms with E-state index < -0.39 is 5.60 Å². The van der Waals surface area contributed by atoms with E-state index in [2.05, 4.69) is 10.4 Å². The SMILES string of the molecule is COc1ccc(CNC(=O)C(C)(C)Oc2nn(-c3ccccc3)cc2Cl)cc1. The summed E-state index contributed by atoms with van der Waals surface area (Å²) < 4.78 is 12.6. The number of para-hydroxylation sites is 1. The maximum absolute atomic E-state index is 12.6. The van der Waals surface area contributed by atoms with Gasteiger partial charge in [0.05, 0.1) is 19.0 Å². The highest BCUT2D eigenvalue weighted by atomic mass is 35.5. The lowest BCUT2D eigenvalue weighted by Gasteiger charge is -2.24. The third-order valence-electron chi connectivity index (χ3n) is 4.17. The molecular formula is C21H22ClN3O3. The predicted molar refractivity (Wildman–Crippen MR) is 108 cm³/mol. The number of hydrogen-bond donors (Lipinski definition) is 1. The molecule has 0 saturated carbocycles. The maximum atomic E-state index is 12.6. The van der Waals surface area contributed by atoms with Gasteiger partial charge < -0.3 is 14.8 Å². The fourth-order valence-electron chi connectivity index (χ4n) is 2.55. The number of benzene rings is 2. The molecule has 0 aliphatic heterocycles. The van der Waals surface area contributed by atoms with E-state index in [1.165, 1.54) is 0 Å². The Morgan fingerprint density at radius 2 is 1.82 bits per heavy atom. The lowest BCUT2D eigenvalue weighted by atomic mass is 10.1. The molecule has 0 atom stereocenters. The van der Waals surface area contributed by atoms with Gasteiger partial charge in [0.25, 0.3) is 11.8 Å². The van der Waals surface area contributed by atoms with E-state index >= 15 is 0 Å². The highest BCUT2D eigenvalue weighted by Gasteiger charge is 2.31. The van der Waals surface area contributed by atoms with Crippen molar-refractivity contribution in [3.8, 4) is 17.3 Å². The number of halogens is 1. The van der Waals surface area contributed by atoms with Gasteiger partial charge in [0.15, 0.2) is 5.60 Å². The summed E-state index contributed by atoms with van der Waals surface area (Å²) in [7, 11) is 1.61. The first-order valence-corrected chi connectivity index (χ1v) is 9.17. The topological polar surface area (TPSA) is 65.4 Å². The Kier molecular flexibility index (Phi) is 5.90. The van der Waals surface area contributed by atoms with Gasteiger partial charge in [-0.2, -0.15) is 0 Å². The number of carbonyl (C=O) groups is 1. The molecular weight excluding hydrogens is 378 g/mol. The summed E-state index contributed by atoms with van der Waals surface area (Å²) >= 11 is 6.26. The third kappa shape index (κ3) is 4.64. The van der Waals surface area contributed by atoms with Crippen LogP contribution in [0, 0.1) is 0 Å². The van der Waals surface area contributed by atoms with Gasteiger partial charge in [-0.05, 0) is 43.7 Å². The van der Waals surface area contributed by atoms with Crippen LogP contribution in [0.2, 0.25) is 5.02 Å². The van der Waals surface area contributed by atoms with Crippen LogP contribution in [0.15, 0.2) is 60.8 Å². The first kappa shape index (κ1) is 19.8. The van der Waals surface area contributed by atoms with Crippen molar-refractivity contribution in [3.63, 3.8) is 0 Å². The van der Waals surface area contributed by atoms with E-state index in [-0.39, 0.29) is 11.8 Å². The number of methoxy groups -OCH3 is 1. The second-order valence-electron chi connectivity index (χ2n) is 6.71. The molecule has 0 fully saturated rings. The first-order valence-electron chi connectivity index (χ1n) is 8.80. The summed E-state index contributed by atoms with van der Waals surface area (Å²) in [4.78, 5) is 12.6. The number of nitrogens with one attached hydrogen (secondary N) is 1. The molecule has 146 valence electrons. The maximum Gasteiger partial charge on any atom is 0.263 e. The Balaban J connectivity index is 1.65. The van der Waals surface area contributed by atoms with Crippen LogP contribution in [0.3, 0.4) is 0 Å². The molecule has 0 radical (unpaired) electrons. The normalized spacial score (nSPS) is 11.1. The van der Waals surface area contributed by atoms with Gasteiger partial charge in [0, 0.05) is 6.54 Å².